The van der Waals surface area contributed by atoms with Crippen LogP contribution in [0.25, 0.3) is 33.9 Å². The Hall–Kier alpha value is -4.07. The fourth-order valence-corrected chi connectivity index (χ4v) is 2.93. The summed E-state index contributed by atoms with van der Waals surface area (Å²) >= 11 is 0. The second-order valence-corrected chi connectivity index (χ2v) is 6.68. The van der Waals surface area contributed by atoms with Crippen molar-refractivity contribution in [3.8, 4) is 56.9 Å². The number of hydrogen-bond donors (Lipinski definition) is 5. The van der Waals surface area contributed by atoms with Crippen LogP contribution in [0.2, 0.25) is 0 Å². The number of para-hydroxylation sites is 2. The molecule has 0 bridgehead atoms. The Labute approximate surface area is 200 Å². The first-order chi connectivity index (χ1) is 15.3. The average Bonchev–Trinajstić information content (AvgIpc) is 2.77. The molecule has 4 aromatic rings. The fourth-order valence-electron chi connectivity index (χ4n) is 2.93. The molecular weight excluding hydrogens is 467 g/mol. The van der Waals surface area contributed by atoms with Crippen LogP contribution >= 0.6 is 0 Å². The number of aliphatic carboxylic acids is 1. The molecule has 0 saturated carbocycles. The van der Waals surface area contributed by atoms with Crippen LogP contribution in [-0.4, -0.2) is 41.5 Å². The largest absolute Gasteiger partial charge is 0.504 e. The van der Waals surface area contributed by atoms with Crippen LogP contribution in [0.15, 0.2) is 72.8 Å². The molecule has 0 amide bonds. The van der Waals surface area contributed by atoms with E-state index in [9.17, 15) is 20.4 Å². The Morgan fingerprint density at radius 1 is 0.606 bits per heavy atom. The zero-order chi connectivity index (χ0) is 23.3. The molecule has 0 aliphatic carbocycles. The molecule has 0 spiro atoms. The second-order valence-electron chi connectivity index (χ2n) is 6.68. The molecule has 0 aliphatic heterocycles. The van der Waals surface area contributed by atoms with Gasteiger partial charge in [0.2, 0.25) is 0 Å². The van der Waals surface area contributed by atoms with Gasteiger partial charge in [-0.15, -0.1) is 0 Å². The molecule has 0 aliphatic rings. The molecule has 8 nitrogen and oxygen atoms in total. The Morgan fingerprint density at radius 3 is 1.27 bits per heavy atom. The van der Waals surface area contributed by atoms with E-state index < -0.39 is 5.97 Å². The minimum atomic E-state index is -0.833. The molecule has 4 rings (SSSR count). The van der Waals surface area contributed by atoms with E-state index in [0.717, 1.165) is 6.92 Å². The van der Waals surface area contributed by atoms with Gasteiger partial charge in [0.05, 0.1) is 22.8 Å². The number of aromatic hydroxyl groups is 4. The maximum atomic E-state index is 10.1. The standard InChI is InChI=1S/C22H16N2O4.C2H4O2.Mn/c25-19-11-1-5-13(21(19)27)15-7-3-9-17(23-15)18-10-4-8-16(24-18)14-6-2-12-20(26)22(14)28;1-2(3)4;/h1-12,25-28H;1H3,(H,3,4);. The van der Waals surface area contributed by atoms with Crippen molar-refractivity contribution < 1.29 is 47.4 Å². The van der Waals surface area contributed by atoms with Crippen molar-refractivity contribution in [3.05, 3.63) is 72.8 Å². The van der Waals surface area contributed by atoms with E-state index in [1.807, 2.05) is 0 Å². The number of aromatic nitrogens is 2. The molecule has 2 aromatic heterocycles. The molecule has 5 N–H and O–H groups in total. The third-order valence-electron chi connectivity index (χ3n) is 4.34. The number of phenols is 4. The number of hydrogen-bond acceptors (Lipinski definition) is 7. The zero-order valence-corrected chi connectivity index (χ0v) is 18.5. The Kier molecular flexibility index (Phi) is 8.39. The monoisotopic (exact) mass is 487 g/mol. The molecule has 33 heavy (non-hydrogen) atoms. The molecule has 0 saturated heterocycles. The van der Waals surface area contributed by atoms with E-state index in [1.165, 1.54) is 12.1 Å². The van der Waals surface area contributed by atoms with Crippen LogP contribution in [0.4, 0.5) is 0 Å². The third-order valence-corrected chi connectivity index (χ3v) is 4.34. The number of carbonyl (C=O) groups is 1. The van der Waals surface area contributed by atoms with E-state index in [2.05, 4.69) is 9.97 Å². The number of pyridine rings is 2. The molecule has 0 atom stereocenters. The van der Waals surface area contributed by atoms with Gasteiger partial charge in [-0.2, -0.15) is 0 Å². The summed E-state index contributed by atoms with van der Waals surface area (Å²) in [6.07, 6.45) is 0. The van der Waals surface area contributed by atoms with Crippen molar-refractivity contribution in [1.82, 2.24) is 9.97 Å². The zero-order valence-electron chi connectivity index (χ0n) is 17.3. The van der Waals surface area contributed by atoms with E-state index in [-0.39, 0.29) is 40.1 Å². The van der Waals surface area contributed by atoms with Crippen LogP contribution in [0, 0.1) is 0 Å². The van der Waals surface area contributed by atoms with Gasteiger partial charge in [-0.1, -0.05) is 24.3 Å². The summed E-state index contributed by atoms with van der Waals surface area (Å²) in [7, 11) is 0. The van der Waals surface area contributed by atoms with Crippen molar-refractivity contribution in [2.45, 2.75) is 6.92 Å². The minimum absolute atomic E-state index is 0. The smallest absolute Gasteiger partial charge is 0.300 e. The predicted molar refractivity (Wildman–Crippen MR) is 118 cm³/mol. The van der Waals surface area contributed by atoms with Crippen molar-refractivity contribution in [2.24, 2.45) is 0 Å². The van der Waals surface area contributed by atoms with E-state index >= 15 is 0 Å². The van der Waals surface area contributed by atoms with E-state index in [1.54, 1.807) is 60.7 Å². The molecule has 1 radical (unpaired) electrons. The number of rotatable bonds is 3. The first-order valence-corrected chi connectivity index (χ1v) is 9.44. The summed E-state index contributed by atoms with van der Waals surface area (Å²) in [5, 5.41) is 47.1. The maximum Gasteiger partial charge on any atom is 0.300 e. The van der Waals surface area contributed by atoms with Crippen LogP contribution < -0.4 is 0 Å². The van der Waals surface area contributed by atoms with Crippen molar-refractivity contribution >= 4 is 5.97 Å². The maximum absolute atomic E-state index is 10.1. The van der Waals surface area contributed by atoms with Crippen molar-refractivity contribution in [1.29, 1.82) is 0 Å². The summed E-state index contributed by atoms with van der Waals surface area (Å²) in [6.45, 7) is 1.08. The van der Waals surface area contributed by atoms with Gasteiger partial charge in [0.25, 0.3) is 5.97 Å². The molecule has 2 heterocycles. The Bertz CT molecular complexity index is 1180. The van der Waals surface area contributed by atoms with Crippen LogP contribution in [0.1, 0.15) is 6.92 Å². The summed E-state index contributed by atoms with van der Waals surface area (Å²) in [4.78, 5) is 18.1. The van der Waals surface area contributed by atoms with Gasteiger partial charge in [0.15, 0.2) is 23.0 Å². The third kappa shape index (κ3) is 6.00. The molecule has 2 aromatic carbocycles. The molecule has 0 unspecified atom stereocenters. The van der Waals surface area contributed by atoms with E-state index in [0.29, 0.717) is 33.9 Å². The van der Waals surface area contributed by atoms with Gasteiger partial charge in [-0.3, -0.25) is 4.79 Å². The number of phenolic OH excluding ortho intramolecular Hbond substituents is 4. The Balaban J connectivity index is 0.000000714. The quantitative estimate of drug-likeness (QED) is 0.211. The Morgan fingerprint density at radius 2 is 0.909 bits per heavy atom. The first kappa shape index (κ1) is 25.2. The number of benzene rings is 2. The van der Waals surface area contributed by atoms with Crippen LogP contribution in [-0.2, 0) is 21.9 Å². The topological polar surface area (TPSA) is 144 Å². The van der Waals surface area contributed by atoms with Gasteiger partial charge >= 0.3 is 0 Å². The summed E-state index contributed by atoms with van der Waals surface area (Å²) in [5.41, 5.74) is 2.90. The van der Waals surface area contributed by atoms with Gasteiger partial charge in [0.1, 0.15) is 0 Å². The second kappa shape index (κ2) is 11.0. The van der Waals surface area contributed by atoms with Gasteiger partial charge in [-0.25, -0.2) is 9.97 Å². The fraction of sp³-hybridized carbons (Fsp3) is 0.0417. The minimum Gasteiger partial charge on any atom is -0.504 e. The molecule has 0 fully saturated rings. The van der Waals surface area contributed by atoms with Gasteiger partial charge < -0.3 is 25.5 Å². The van der Waals surface area contributed by atoms with Crippen LogP contribution in [0.3, 0.4) is 0 Å². The number of carboxylic acid groups (broad SMARTS) is 1. The molecule has 9 heteroatoms. The number of nitrogens with zero attached hydrogens (tertiary/aromatic N) is 2. The van der Waals surface area contributed by atoms with Crippen LogP contribution in [0.5, 0.6) is 23.0 Å². The predicted octanol–water partition coefficient (Wildman–Crippen LogP) is 4.39. The summed E-state index contributed by atoms with van der Waals surface area (Å²) < 4.78 is 0. The van der Waals surface area contributed by atoms with Gasteiger partial charge in [-0.05, 0) is 48.5 Å². The van der Waals surface area contributed by atoms with Crippen molar-refractivity contribution in [3.63, 3.8) is 0 Å². The summed E-state index contributed by atoms with van der Waals surface area (Å²) in [5.74, 6) is -1.74. The average molecular weight is 487 g/mol. The first-order valence-electron chi connectivity index (χ1n) is 9.44. The summed E-state index contributed by atoms with van der Waals surface area (Å²) in [6, 6.07) is 19.9. The normalized spacial score (nSPS) is 9.85. The molecular formula is C24H20MnN2O6. The number of carboxylic acids is 1. The van der Waals surface area contributed by atoms with Crippen molar-refractivity contribution in [2.75, 3.05) is 0 Å². The van der Waals surface area contributed by atoms with E-state index in [4.69, 9.17) is 9.90 Å². The SMILES string of the molecule is CC(=O)O.Oc1cccc(-c2cccc(-c3cccc(-c4cccc(O)c4O)n3)n2)c1O.[Mn]. The molecule has 169 valence electrons. The van der Waals surface area contributed by atoms with Gasteiger partial charge in [0, 0.05) is 35.1 Å².